The summed E-state index contributed by atoms with van der Waals surface area (Å²) in [4.78, 5) is 2.25. The second-order valence-corrected chi connectivity index (χ2v) is 1.98. The normalized spacial score (nSPS) is 32.6. The molecule has 0 N–H and O–H groups in total. The van der Waals surface area contributed by atoms with Crippen molar-refractivity contribution < 1.29 is 0 Å². The standard InChI is InChI=1S/C6H11N/c1-3-7-5-4-6(7)2/h6H,1-5H2. The van der Waals surface area contributed by atoms with E-state index in [0.717, 1.165) is 6.54 Å². The van der Waals surface area contributed by atoms with E-state index in [2.05, 4.69) is 18.7 Å². The molecule has 2 radical (unpaired) electrons. The Morgan fingerprint density at radius 2 is 2.43 bits per heavy atom. The third-order valence-electron chi connectivity index (χ3n) is 1.55. The predicted octanol–water partition coefficient (Wildman–Crippen LogP) is 0.729. The fourth-order valence-corrected chi connectivity index (χ4v) is 0.789. The third-order valence-corrected chi connectivity index (χ3v) is 1.55. The van der Waals surface area contributed by atoms with Crippen LogP contribution < -0.4 is 0 Å². The molecule has 1 saturated heterocycles. The quantitative estimate of drug-likeness (QED) is 0.466. The van der Waals surface area contributed by atoms with Crippen LogP contribution >= 0.6 is 0 Å². The summed E-state index contributed by atoms with van der Waals surface area (Å²) in [5, 5.41) is 0. The minimum Gasteiger partial charge on any atom is -0.300 e. The molecule has 40 valence electrons. The Labute approximate surface area is 45.3 Å². The lowest BCUT2D eigenvalue weighted by Crippen LogP contribution is -2.45. The van der Waals surface area contributed by atoms with E-state index in [1.807, 2.05) is 0 Å². The summed E-state index contributed by atoms with van der Waals surface area (Å²) in [7, 11) is 0. The van der Waals surface area contributed by atoms with Crippen molar-refractivity contribution >= 4 is 0 Å². The lowest BCUT2D eigenvalue weighted by atomic mass is 10.1. The van der Waals surface area contributed by atoms with Crippen LogP contribution in [0.5, 0.6) is 0 Å². The average Bonchev–Trinajstić information content (AvgIpc) is 1.65. The molecule has 0 aromatic heterocycles. The first-order valence-electron chi connectivity index (χ1n) is 2.71. The first-order chi connectivity index (χ1) is 3.34. The van der Waals surface area contributed by atoms with Crippen LogP contribution in [0.25, 0.3) is 0 Å². The van der Waals surface area contributed by atoms with Crippen LogP contribution in [-0.4, -0.2) is 24.0 Å². The maximum atomic E-state index is 3.88. The SMILES string of the molecule is [CH2]CN1CCC1[CH2]. The molecule has 1 heteroatoms. The molecule has 0 aromatic carbocycles. The summed E-state index contributed by atoms with van der Waals surface area (Å²) in [6, 6.07) is 0.567. The first-order valence-corrected chi connectivity index (χ1v) is 2.71. The Hall–Kier alpha value is -0.0400. The van der Waals surface area contributed by atoms with Crippen molar-refractivity contribution in [1.82, 2.24) is 4.90 Å². The molecule has 1 aliphatic rings. The number of hydrogen-bond acceptors (Lipinski definition) is 1. The van der Waals surface area contributed by atoms with Gasteiger partial charge in [-0.3, -0.25) is 0 Å². The predicted molar refractivity (Wildman–Crippen MR) is 30.7 cm³/mol. The van der Waals surface area contributed by atoms with Gasteiger partial charge in [-0.2, -0.15) is 0 Å². The van der Waals surface area contributed by atoms with Gasteiger partial charge in [0.25, 0.3) is 0 Å². The summed E-state index contributed by atoms with van der Waals surface area (Å²) >= 11 is 0. The highest BCUT2D eigenvalue weighted by atomic mass is 15.2. The zero-order valence-electron chi connectivity index (χ0n) is 4.56. The summed E-state index contributed by atoms with van der Waals surface area (Å²) in [6.45, 7) is 9.76. The van der Waals surface area contributed by atoms with Crippen LogP contribution in [-0.2, 0) is 0 Å². The van der Waals surface area contributed by atoms with Crippen molar-refractivity contribution in [1.29, 1.82) is 0 Å². The van der Waals surface area contributed by atoms with Crippen LogP contribution in [0.2, 0.25) is 0 Å². The number of rotatable bonds is 1. The molecule has 1 unspecified atom stereocenters. The van der Waals surface area contributed by atoms with Crippen molar-refractivity contribution in [3.63, 3.8) is 0 Å². The Kier molecular flexibility index (Phi) is 1.33. The minimum atomic E-state index is 0.567. The van der Waals surface area contributed by atoms with E-state index in [0.29, 0.717) is 6.04 Å². The highest BCUT2D eigenvalue weighted by Crippen LogP contribution is 2.13. The third kappa shape index (κ3) is 0.778. The lowest BCUT2D eigenvalue weighted by Gasteiger charge is -2.37. The topological polar surface area (TPSA) is 3.24 Å². The van der Waals surface area contributed by atoms with Gasteiger partial charge in [-0.15, -0.1) is 0 Å². The molecule has 1 nitrogen and oxygen atoms in total. The van der Waals surface area contributed by atoms with E-state index in [1.54, 1.807) is 0 Å². The average molecular weight is 97.2 g/mol. The fourth-order valence-electron chi connectivity index (χ4n) is 0.789. The van der Waals surface area contributed by atoms with Gasteiger partial charge < -0.3 is 4.90 Å². The zero-order chi connectivity index (χ0) is 5.28. The summed E-state index contributed by atoms with van der Waals surface area (Å²) in [6.07, 6.45) is 1.26. The molecule has 0 amide bonds. The molecule has 1 heterocycles. The van der Waals surface area contributed by atoms with Gasteiger partial charge in [-0.1, -0.05) is 0 Å². The van der Waals surface area contributed by atoms with Crippen molar-refractivity contribution in [2.45, 2.75) is 12.5 Å². The second kappa shape index (κ2) is 1.83. The van der Waals surface area contributed by atoms with Gasteiger partial charge in [0.2, 0.25) is 0 Å². The lowest BCUT2D eigenvalue weighted by molar-refractivity contribution is 0.141. The van der Waals surface area contributed by atoms with E-state index in [4.69, 9.17) is 0 Å². The Balaban J connectivity index is 2.16. The van der Waals surface area contributed by atoms with Gasteiger partial charge in [0.05, 0.1) is 0 Å². The molecule has 0 aliphatic carbocycles. The zero-order valence-corrected chi connectivity index (χ0v) is 4.56. The van der Waals surface area contributed by atoms with Gasteiger partial charge in [0.15, 0.2) is 0 Å². The van der Waals surface area contributed by atoms with Gasteiger partial charge >= 0.3 is 0 Å². The molecule has 0 bridgehead atoms. The van der Waals surface area contributed by atoms with Crippen LogP contribution in [0.15, 0.2) is 0 Å². The van der Waals surface area contributed by atoms with Crippen molar-refractivity contribution in [3.05, 3.63) is 13.8 Å². The maximum Gasteiger partial charge on any atom is 0.0108 e. The van der Waals surface area contributed by atoms with Crippen LogP contribution in [0.3, 0.4) is 0 Å². The first kappa shape index (κ1) is 5.10. The number of nitrogens with zero attached hydrogens (tertiary/aromatic N) is 1. The van der Waals surface area contributed by atoms with E-state index < -0.39 is 0 Å². The van der Waals surface area contributed by atoms with Gasteiger partial charge in [0.1, 0.15) is 0 Å². The van der Waals surface area contributed by atoms with Crippen molar-refractivity contribution in [2.24, 2.45) is 0 Å². The van der Waals surface area contributed by atoms with E-state index in [1.165, 1.54) is 13.0 Å². The van der Waals surface area contributed by atoms with Crippen LogP contribution in [0.1, 0.15) is 6.42 Å². The van der Waals surface area contributed by atoms with Crippen LogP contribution in [0, 0.1) is 13.8 Å². The molecule has 0 spiro atoms. The molecular weight excluding hydrogens is 86.1 g/mol. The van der Waals surface area contributed by atoms with Gasteiger partial charge in [0, 0.05) is 6.04 Å². The molecule has 1 atom stereocenters. The minimum absolute atomic E-state index is 0.567. The molecule has 1 rings (SSSR count). The highest BCUT2D eigenvalue weighted by Gasteiger charge is 2.20. The van der Waals surface area contributed by atoms with E-state index >= 15 is 0 Å². The highest BCUT2D eigenvalue weighted by molar-refractivity contribution is 4.84. The van der Waals surface area contributed by atoms with Crippen molar-refractivity contribution in [3.8, 4) is 0 Å². The molecule has 1 aliphatic heterocycles. The fraction of sp³-hybridized carbons (Fsp3) is 0.667. The second-order valence-electron chi connectivity index (χ2n) is 1.98. The summed E-state index contributed by atoms with van der Waals surface area (Å²) in [5.41, 5.74) is 0. The summed E-state index contributed by atoms with van der Waals surface area (Å²) in [5.74, 6) is 0. The Morgan fingerprint density at radius 3 is 2.43 bits per heavy atom. The number of likely N-dealkylation sites (tertiary alicyclic amines) is 1. The summed E-state index contributed by atoms with van der Waals surface area (Å²) < 4.78 is 0. The molecule has 0 aromatic rings. The molecular formula is C6H11N. The Bertz CT molecular complexity index is 59.2. The smallest absolute Gasteiger partial charge is 0.0108 e. The largest absolute Gasteiger partial charge is 0.300 e. The molecule has 0 saturated carbocycles. The van der Waals surface area contributed by atoms with E-state index in [9.17, 15) is 0 Å². The van der Waals surface area contributed by atoms with Crippen molar-refractivity contribution in [2.75, 3.05) is 13.1 Å². The molecule has 7 heavy (non-hydrogen) atoms. The number of hydrogen-bond donors (Lipinski definition) is 0. The van der Waals surface area contributed by atoms with Crippen LogP contribution in [0.4, 0.5) is 0 Å². The van der Waals surface area contributed by atoms with Gasteiger partial charge in [-0.25, -0.2) is 0 Å². The Morgan fingerprint density at radius 1 is 1.71 bits per heavy atom. The molecule has 1 fully saturated rings. The van der Waals surface area contributed by atoms with Gasteiger partial charge in [-0.05, 0) is 33.4 Å². The monoisotopic (exact) mass is 97.1 g/mol. The van der Waals surface area contributed by atoms with E-state index in [-0.39, 0.29) is 0 Å². The maximum absolute atomic E-state index is 3.88.